The highest BCUT2D eigenvalue weighted by molar-refractivity contribution is 7.24. The molecule has 4 rings (SSSR count). The van der Waals surface area contributed by atoms with Crippen LogP contribution in [0.5, 0.6) is 0 Å². The molecule has 24 heavy (non-hydrogen) atoms. The van der Waals surface area contributed by atoms with Gasteiger partial charge in [0.15, 0.2) is 5.43 Å². The Morgan fingerprint density at radius 3 is 2.88 bits per heavy atom. The van der Waals surface area contributed by atoms with Crippen molar-refractivity contribution in [3.8, 4) is 0 Å². The Labute approximate surface area is 142 Å². The number of benzene rings is 2. The van der Waals surface area contributed by atoms with E-state index in [1.54, 1.807) is 17.5 Å². The van der Waals surface area contributed by atoms with Gasteiger partial charge in [-0.1, -0.05) is 17.7 Å². The maximum Gasteiger partial charge on any atom is 0.196 e. The normalized spacial score (nSPS) is 11.4. The number of nitrogens with two attached hydrogens (primary N) is 1. The fourth-order valence-electron chi connectivity index (χ4n) is 3.05. The molecule has 2 aromatic heterocycles. The highest BCUT2D eigenvalue weighted by atomic mass is 32.1. The molecule has 3 N–H and O–H groups in total. The molecule has 0 aliphatic heterocycles. The molecule has 5 heteroatoms. The van der Waals surface area contributed by atoms with Crippen molar-refractivity contribution in [3.63, 3.8) is 0 Å². The van der Waals surface area contributed by atoms with E-state index >= 15 is 0 Å². The molecule has 0 aliphatic carbocycles. The first-order valence-corrected chi connectivity index (χ1v) is 8.69. The number of hydrogen-bond acceptors (Lipinski definition) is 5. The number of rotatable bonds is 3. The number of anilines is 1. The van der Waals surface area contributed by atoms with Crippen molar-refractivity contribution in [2.24, 2.45) is 5.73 Å². The smallest absolute Gasteiger partial charge is 0.196 e. The number of hydrogen-bond donors (Lipinski definition) is 2. The van der Waals surface area contributed by atoms with Crippen LogP contribution in [0.1, 0.15) is 5.56 Å². The number of aryl methyl sites for hydroxylation is 1. The Hall–Kier alpha value is -2.50. The Bertz CT molecular complexity index is 1130. The van der Waals surface area contributed by atoms with E-state index < -0.39 is 0 Å². The number of aromatic nitrogens is 1. The van der Waals surface area contributed by atoms with Crippen LogP contribution >= 0.6 is 11.3 Å². The first-order valence-electron chi connectivity index (χ1n) is 7.88. The zero-order chi connectivity index (χ0) is 16.7. The lowest BCUT2D eigenvalue weighted by Crippen LogP contribution is -2.13. The summed E-state index contributed by atoms with van der Waals surface area (Å²) in [6, 6.07) is 11.9. The second-order valence-corrected chi connectivity index (χ2v) is 6.93. The molecule has 0 atom stereocenters. The third kappa shape index (κ3) is 2.33. The van der Waals surface area contributed by atoms with Gasteiger partial charge in [0.05, 0.1) is 15.6 Å². The van der Waals surface area contributed by atoms with Crippen molar-refractivity contribution in [2.75, 3.05) is 18.4 Å². The fraction of sp³-hybridized carbons (Fsp3) is 0.158. The first-order chi connectivity index (χ1) is 11.7. The summed E-state index contributed by atoms with van der Waals surface area (Å²) < 4.78 is 1.90. The van der Waals surface area contributed by atoms with Gasteiger partial charge in [-0.3, -0.25) is 9.78 Å². The summed E-state index contributed by atoms with van der Waals surface area (Å²) in [5, 5.41) is 5.71. The van der Waals surface area contributed by atoms with Crippen molar-refractivity contribution in [1.82, 2.24) is 4.98 Å². The summed E-state index contributed by atoms with van der Waals surface area (Å²) in [6.45, 7) is 3.19. The molecule has 0 radical (unpaired) electrons. The Balaban J connectivity index is 2.18. The van der Waals surface area contributed by atoms with Gasteiger partial charge in [-0.15, -0.1) is 11.3 Å². The summed E-state index contributed by atoms with van der Waals surface area (Å²) >= 11 is 1.61. The van der Waals surface area contributed by atoms with Crippen LogP contribution < -0.4 is 16.5 Å². The first kappa shape index (κ1) is 15.1. The maximum atomic E-state index is 13.2. The molecule has 0 unspecified atom stereocenters. The fourth-order valence-corrected chi connectivity index (χ4v) is 4.08. The molecule has 4 aromatic rings. The average Bonchev–Trinajstić information content (AvgIpc) is 2.60. The topological polar surface area (TPSA) is 68.0 Å². The standard InChI is InChI=1S/C19H17N3OS/c1-11-5-6-15-12(9-11)19(23)18-16(24-15)10-22-14-4-2-3-13(17(14)18)21-8-7-20/h2-6,9-10,21H,7-8,20H2,1H3. The van der Waals surface area contributed by atoms with Crippen LogP contribution in [-0.2, 0) is 0 Å². The van der Waals surface area contributed by atoms with Crippen molar-refractivity contribution in [3.05, 3.63) is 58.4 Å². The van der Waals surface area contributed by atoms with E-state index in [1.807, 2.05) is 43.3 Å². The highest BCUT2D eigenvalue weighted by Crippen LogP contribution is 2.32. The van der Waals surface area contributed by atoms with Gasteiger partial charge >= 0.3 is 0 Å². The SMILES string of the molecule is Cc1ccc2sc3cnc4cccc(NCCN)c4c3c(=O)c2c1. The molecular weight excluding hydrogens is 318 g/mol. The zero-order valence-corrected chi connectivity index (χ0v) is 14.1. The molecule has 0 bridgehead atoms. The Morgan fingerprint density at radius 1 is 1.17 bits per heavy atom. The Morgan fingerprint density at radius 2 is 2.04 bits per heavy atom. The van der Waals surface area contributed by atoms with Gasteiger partial charge < -0.3 is 11.1 Å². The lowest BCUT2D eigenvalue weighted by molar-refractivity contribution is 1.03. The van der Waals surface area contributed by atoms with Crippen LogP contribution in [0.2, 0.25) is 0 Å². The van der Waals surface area contributed by atoms with Crippen molar-refractivity contribution in [2.45, 2.75) is 6.92 Å². The number of fused-ring (bicyclic) bond motifs is 4. The van der Waals surface area contributed by atoms with E-state index in [0.717, 1.165) is 42.3 Å². The average molecular weight is 335 g/mol. The van der Waals surface area contributed by atoms with E-state index in [-0.39, 0.29) is 5.43 Å². The van der Waals surface area contributed by atoms with Crippen LogP contribution in [0.15, 0.2) is 47.4 Å². The number of pyridine rings is 1. The van der Waals surface area contributed by atoms with Gasteiger partial charge in [0.1, 0.15) is 0 Å². The molecule has 2 aromatic carbocycles. The second-order valence-electron chi connectivity index (χ2n) is 5.84. The molecule has 0 aliphatic rings. The van der Waals surface area contributed by atoms with Crippen LogP contribution in [0.4, 0.5) is 5.69 Å². The van der Waals surface area contributed by atoms with Crippen LogP contribution in [-0.4, -0.2) is 18.1 Å². The van der Waals surface area contributed by atoms with E-state index in [2.05, 4.69) is 10.3 Å². The van der Waals surface area contributed by atoms with E-state index in [9.17, 15) is 4.79 Å². The molecule has 0 spiro atoms. The van der Waals surface area contributed by atoms with Crippen LogP contribution in [0.25, 0.3) is 31.1 Å². The van der Waals surface area contributed by atoms with Gasteiger partial charge in [-0.05, 0) is 31.2 Å². The van der Waals surface area contributed by atoms with Gasteiger partial charge in [-0.25, -0.2) is 0 Å². The molecule has 2 heterocycles. The van der Waals surface area contributed by atoms with E-state index in [0.29, 0.717) is 13.1 Å². The third-order valence-corrected chi connectivity index (χ3v) is 5.25. The van der Waals surface area contributed by atoms with E-state index in [1.165, 1.54) is 0 Å². The summed E-state index contributed by atoms with van der Waals surface area (Å²) in [5.74, 6) is 0. The van der Waals surface area contributed by atoms with E-state index in [4.69, 9.17) is 5.73 Å². The second kappa shape index (κ2) is 5.85. The Kier molecular flexibility index (Phi) is 3.67. The largest absolute Gasteiger partial charge is 0.383 e. The predicted molar refractivity (Wildman–Crippen MR) is 103 cm³/mol. The summed E-state index contributed by atoms with van der Waals surface area (Å²) in [4.78, 5) is 17.8. The molecule has 0 fully saturated rings. The van der Waals surface area contributed by atoms with Crippen molar-refractivity contribution < 1.29 is 0 Å². The number of nitrogens with one attached hydrogen (secondary N) is 1. The lowest BCUT2D eigenvalue weighted by Gasteiger charge is -2.11. The molecular formula is C19H17N3OS. The summed E-state index contributed by atoms with van der Waals surface area (Å²) in [7, 11) is 0. The predicted octanol–water partition coefficient (Wildman–Crippen LogP) is 3.64. The van der Waals surface area contributed by atoms with Crippen LogP contribution in [0, 0.1) is 6.92 Å². The van der Waals surface area contributed by atoms with Crippen molar-refractivity contribution >= 4 is 48.1 Å². The minimum absolute atomic E-state index is 0.0665. The molecule has 120 valence electrons. The monoisotopic (exact) mass is 335 g/mol. The lowest BCUT2D eigenvalue weighted by atomic mass is 10.1. The van der Waals surface area contributed by atoms with Gasteiger partial charge in [0, 0.05) is 40.4 Å². The van der Waals surface area contributed by atoms with Crippen molar-refractivity contribution in [1.29, 1.82) is 0 Å². The number of nitrogens with zero attached hydrogens (tertiary/aromatic N) is 1. The van der Waals surface area contributed by atoms with Crippen LogP contribution in [0.3, 0.4) is 0 Å². The molecule has 0 saturated carbocycles. The summed E-state index contributed by atoms with van der Waals surface area (Å²) in [5.41, 5.74) is 8.50. The maximum absolute atomic E-state index is 13.2. The highest BCUT2D eigenvalue weighted by Gasteiger charge is 2.13. The minimum Gasteiger partial charge on any atom is -0.383 e. The molecule has 0 amide bonds. The van der Waals surface area contributed by atoms with Gasteiger partial charge in [0.25, 0.3) is 0 Å². The molecule has 0 saturated heterocycles. The minimum atomic E-state index is 0.0665. The third-order valence-electron chi connectivity index (χ3n) is 4.15. The summed E-state index contributed by atoms with van der Waals surface area (Å²) in [6.07, 6.45) is 1.80. The van der Waals surface area contributed by atoms with Gasteiger partial charge in [-0.2, -0.15) is 0 Å². The zero-order valence-electron chi connectivity index (χ0n) is 13.3. The quantitative estimate of drug-likeness (QED) is 0.443. The van der Waals surface area contributed by atoms with Gasteiger partial charge in [0.2, 0.25) is 0 Å². The molecule has 4 nitrogen and oxygen atoms in total.